The van der Waals surface area contributed by atoms with Crippen molar-refractivity contribution in [2.45, 2.75) is 39.4 Å². The van der Waals surface area contributed by atoms with Gasteiger partial charge in [-0.05, 0) is 51.4 Å². The number of aryl methyl sites for hydroxylation is 1. The van der Waals surface area contributed by atoms with Gasteiger partial charge in [0.05, 0.1) is 12.2 Å². The maximum Gasteiger partial charge on any atom is 0.279 e. The summed E-state index contributed by atoms with van der Waals surface area (Å²) >= 11 is 0. The first-order valence-electron chi connectivity index (χ1n) is 10.3. The molecule has 0 aliphatic carbocycles. The van der Waals surface area contributed by atoms with Crippen LogP contribution < -0.4 is 9.62 Å². The van der Waals surface area contributed by atoms with E-state index in [4.69, 9.17) is 4.74 Å². The van der Waals surface area contributed by atoms with E-state index in [2.05, 4.69) is 45.7 Å². The van der Waals surface area contributed by atoms with Crippen LogP contribution in [0.5, 0.6) is 0 Å². The molecule has 2 aliphatic heterocycles. The van der Waals surface area contributed by atoms with E-state index in [0.29, 0.717) is 19.6 Å². The Bertz CT molecular complexity index is 725. The summed E-state index contributed by atoms with van der Waals surface area (Å²) in [6.45, 7) is 12.2. The molecule has 0 aromatic heterocycles. The number of nitrogens with zero attached hydrogens (tertiary/aromatic N) is 3. The Labute approximate surface area is 169 Å². The SMILES string of the molecule is Cc1cccc(N2CCN(CCCNS(=O)(=O)N3C[C@H](C)O[C@@H](C)C3)CC2)c1. The number of piperazine rings is 1. The molecule has 0 bridgehead atoms. The Kier molecular flexibility index (Phi) is 7.33. The van der Waals surface area contributed by atoms with Gasteiger partial charge in [0.2, 0.25) is 0 Å². The Hall–Kier alpha value is -1.19. The van der Waals surface area contributed by atoms with Crippen LogP contribution in [0.25, 0.3) is 0 Å². The molecule has 0 amide bonds. The highest BCUT2D eigenvalue weighted by Gasteiger charge is 2.30. The molecule has 1 aromatic rings. The van der Waals surface area contributed by atoms with Crippen LogP contribution in [-0.4, -0.2) is 82.2 Å². The van der Waals surface area contributed by atoms with Crippen LogP contribution in [0.1, 0.15) is 25.8 Å². The zero-order valence-electron chi connectivity index (χ0n) is 17.3. The molecular formula is C20H34N4O3S. The second-order valence-electron chi connectivity index (χ2n) is 7.99. The summed E-state index contributed by atoms with van der Waals surface area (Å²) in [6, 6.07) is 8.64. The van der Waals surface area contributed by atoms with Crippen molar-refractivity contribution >= 4 is 15.9 Å². The number of hydrogen-bond donors (Lipinski definition) is 1. The lowest BCUT2D eigenvalue weighted by atomic mass is 10.2. The largest absolute Gasteiger partial charge is 0.373 e. The van der Waals surface area contributed by atoms with Gasteiger partial charge in [0, 0.05) is 51.5 Å². The third-order valence-corrected chi connectivity index (χ3v) is 6.95. The van der Waals surface area contributed by atoms with Gasteiger partial charge in [0.25, 0.3) is 10.2 Å². The Morgan fingerprint density at radius 3 is 2.43 bits per heavy atom. The van der Waals surface area contributed by atoms with Crippen molar-refractivity contribution in [3.63, 3.8) is 0 Å². The average Bonchev–Trinajstić information content (AvgIpc) is 2.65. The molecule has 0 unspecified atom stereocenters. The Morgan fingerprint density at radius 1 is 1.11 bits per heavy atom. The van der Waals surface area contributed by atoms with Crippen molar-refractivity contribution < 1.29 is 13.2 Å². The number of morpholine rings is 1. The zero-order chi connectivity index (χ0) is 20.1. The van der Waals surface area contributed by atoms with E-state index in [-0.39, 0.29) is 12.2 Å². The lowest BCUT2D eigenvalue weighted by Crippen LogP contribution is -2.52. The molecule has 158 valence electrons. The fraction of sp³-hybridized carbons (Fsp3) is 0.700. The lowest BCUT2D eigenvalue weighted by Gasteiger charge is -2.36. The van der Waals surface area contributed by atoms with Gasteiger partial charge in [-0.2, -0.15) is 12.7 Å². The number of benzene rings is 1. The van der Waals surface area contributed by atoms with Crippen LogP contribution in [0.3, 0.4) is 0 Å². The predicted octanol–water partition coefficient (Wildman–Crippen LogP) is 1.45. The van der Waals surface area contributed by atoms with Gasteiger partial charge in [0.15, 0.2) is 0 Å². The van der Waals surface area contributed by atoms with E-state index in [9.17, 15) is 8.42 Å². The van der Waals surface area contributed by atoms with Crippen LogP contribution >= 0.6 is 0 Å². The van der Waals surface area contributed by atoms with E-state index < -0.39 is 10.2 Å². The first kappa shape index (κ1) is 21.5. The molecule has 2 fully saturated rings. The normalized spacial score (nSPS) is 25.2. The third-order valence-electron chi connectivity index (χ3n) is 5.40. The highest BCUT2D eigenvalue weighted by molar-refractivity contribution is 7.87. The molecule has 2 heterocycles. The summed E-state index contributed by atoms with van der Waals surface area (Å²) in [5.41, 5.74) is 2.58. The van der Waals surface area contributed by atoms with Crippen molar-refractivity contribution in [1.82, 2.24) is 13.9 Å². The van der Waals surface area contributed by atoms with Gasteiger partial charge in [-0.3, -0.25) is 4.90 Å². The molecule has 1 aromatic carbocycles. The molecule has 3 rings (SSSR count). The second-order valence-corrected chi connectivity index (χ2v) is 9.75. The third kappa shape index (κ3) is 5.90. The molecular weight excluding hydrogens is 376 g/mol. The van der Waals surface area contributed by atoms with Crippen molar-refractivity contribution in [3.05, 3.63) is 29.8 Å². The Morgan fingerprint density at radius 2 is 1.79 bits per heavy atom. The molecule has 2 saturated heterocycles. The molecule has 7 nitrogen and oxygen atoms in total. The maximum atomic E-state index is 12.5. The van der Waals surface area contributed by atoms with Crippen LogP contribution in [0.4, 0.5) is 5.69 Å². The quantitative estimate of drug-likeness (QED) is 0.690. The minimum Gasteiger partial charge on any atom is -0.373 e. The maximum absolute atomic E-state index is 12.5. The monoisotopic (exact) mass is 410 g/mol. The molecule has 0 spiro atoms. The summed E-state index contributed by atoms with van der Waals surface area (Å²) < 4.78 is 34.9. The first-order chi connectivity index (χ1) is 13.3. The molecule has 2 aliphatic rings. The topological polar surface area (TPSA) is 65.1 Å². The molecule has 0 radical (unpaired) electrons. The fourth-order valence-corrected chi connectivity index (χ4v) is 5.37. The molecule has 1 N–H and O–H groups in total. The van der Waals surface area contributed by atoms with Gasteiger partial charge in [-0.1, -0.05) is 12.1 Å². The minimum atomic E-state index is -3.42. The number of hydrogen-bond acceptors (Lipinski definition) is 5. The fourth-order valence-electron chi connectivity index (χ4n) is 3.98. The lowest BCUT2D eigenvalue weighted by molar-refractivity contribution is -0.0443. The highest BCUT2D eigenvalue weighted by atomic mass is 32.2. The second kappa shape index (κ2) is 9.54. The Balaban J connectivity index is 1.37. The van der Waals surface area contributed by atoms with Crippen molar-refractivity contribution in [3.8, 4) is 0 Å². The molecule has 2 atom stereocenters. The summed E-state index contributed by atoms with van der Waals surface area (Å²) in [5.74, 6) is 0. The van der Waals surface area contributed by atoms with Crippen LogP contribution in [0.15, 0.2) is 24.3 Å². The summed E-state index contributed by atoms with van der Waals surface area (Å²) in [6.07, 6.45) is 0.689. The number of rotatable bonds is 7. The zero-order valence-corrected chi connectivity index (χ0v) is 18.1. The average molecular weight is 411 g/mol. The summed E-state index contributed by atoms with van der Waals surface area (Å²) in [5, 5.41) is 0. The predicted molar refractivity (Wildman–Crippen MR) is 113 cm³/mol. The van der Waals surface area contributed by atoms with Gasteiger partial charge >= 0.3 is 0 Å². The summed E-state index contributed by atoms with van der Waals surface area (Å²) in [7, 11) is -3.42. The highest BCUT2D eigenvalue weighted by Crippen LogP contribution is 2.18. The van der Waals surface area contributed by atoms with Crippen molar-refractivity contribution in [1.29, 1.82) is 0 Å². The van der Waals surface area contributed by atoms with E-state index >= 15 is 0 Å². The summed E-state index contributed by atoms with van der Waals surface area (Å²) in [4.78, 5) is 4.84. The van der Waals surface area contributed by atoms with Crippen molar-refractivity contribution in [2.24, 2.45) is 0 Å². The van der Waals surface area contributed by atoms with E-state index in [1.165, 1.54) is 15.6 Å². The number of nitrogens with one attached hydrogen (secondary N) is 1. The van der Waals surface area contributed by atoms with Crippen LogP contribution in [-0.2, 0) is 14.9 Å². The van der Waals surface area contributed by atoms with Crippen molar-refractivity contribution in [2.75, 3.05) is 57.3 Å². The number of ether oxygens (including phenoxy) is 1. The molecule has 8 heteroatoms. The van der Waals surface area contributed by atoms with E-state index in [1.807, 2.05) is 13.8 Å². The van der Waals surface area contributed by atoms with Crippen LogP contribution in [0.2, 0.25) is 0 Å². The minimum absolute atomic E-state index is 0.0648. The van der Waals surface area contributed by atoms with Crippen LogP contribution in [0, 0.1) is 6.92 Å². The van der Waals surface area contributed by atoms with E-state index in [0.717, 1.165) is 39.1 Å². The number of anilines is 1. The van der Waals surface area contributed by atoms with Gasteiger partial charge in [-0.15, -0.1) is 0 Å². The van der Waals surface area contributed by atoms with E-state index in [1.54, 1.807) is 0 Å². The standard InChI is InChI=1S/C20H34N4O3S/c1-17-6-4-7-20(14-17)23-12-10-22(11-13-23)9-5-8-21-28(25,26)24-15-18(2)27-19(3)16-24/h4,6-7,14,18-19,21H,5,8-13,15-16H2,1-3H3/t18-,19-/m0/s1. The molecule has 0 saturated carbocycles. The van der Waals surface area contributed by atoms with Gasteiger partial charge < -0.3 is 9.64 Å². The smallest absolute Gasteiger partial charge is 0.279 e. The first-order valence-corrected chi connectivity index (χ1v) is 11.7. The van der Waals surface area contributed by atoms with Gasteiger partial charge in [0.1, 0.15) is 0 Å². The molecule has 28 heavy (non-hydrogen) atoms. The van der Waals surface area contributed by atoms with Gasteiger partial charge in [-0.25, -0.2) is 4.72 Å².